The summed E-state index contributed by atoms with van der Waals surface area (Å²) in [6, 6.07) is 7.86. The number of halogens is 1. The van der Waals surface area contributed by atoms with E-state index >= 15 is 0 Å². The van der Waals surface area contributed by atoms with Gasteiger partial charge in [0, 0.05) is 5.56 Å². The zero-order valence-corrected chi connectivity index (χ0v) is 9.04. The van der Waals surface area contributed by atoms with Gasteiger partial charge in [0.15, 0.2) is 0 Å². The van der Waals surface area contributed by atoms with Gasteiger partial charge >= 0.3 is 0 Å². The highest BCUT2D eigenvalue weighted by Crippen LogP contribution is 2.30. The number of aliphatic hydroxyl groups excluding tert-OH is 1. The maximum Gasteiger partial charge on any atom is 0.111 e. The van der Waals surface area contributed by atoms with Crippen molar-refractivity contribution in [1.82, 2.24) is 10.2 Å². The fourth-order valence-corrected chi connectivity index (χ4v) is 1.73. The Hall–Kier alpha value is -1.32. The summed E-state index contributed by atoms with van der Waals surface area (Å²) >= 11 is 6.08. The summed E-state index contributed by atoms with van der Waals surface area (Å²) in [5.74, 6) is 0. The molecule has 1 heterocycles. The van der Waals surface area contributed by atoms with E-state index in [1.165, 1.54) is 0 Å². The number of H-pyrrole nitrogens is 1. The number of aliphatic hydroxyl groups is 1. The second-order valence-corrected chi connectivity index (χ2v) is 3.72. The highest BCUT2D eigenvalue weighted by Gasteiger charge is 2.13. The molecule has 4 heteroatoms. The number of nitrogens with one attached hydrogen (secondary N) is 1. The number of aryl methyl sites for hydroxylation is 1. The van der Waals surface area contributed by atoms with Gasteiger partial charge in [0.1, 0.15) is 5.69 Å². The molecule has 78 valence electrons. The van der Waals surface area contributed by atoms with Gasteiger partial charge in [0.05, 0.1) is 17.3 Å². The Labute approximate surface area is 92.7 Å². The van der Waals surface area contributed by atoms with E-state index in [1.54, 1.807) is 0 Å². The van der Waals surface area contributed by atoms with Crippen LogP contribution in [0.5, 0.6) is 0 Å². The molecule has 0 aliphatic rings. The molecule has 0 spiro atoms. The van der Waals surface area contributed by atoms with Gasteiger partial charge in [-0.1, -0.05) is 35.9 Å². The molecule has 2 aromatic rings. The first kappa shape index (κ1) is 10.2. The van der Waals surface area contributed by atoms with Crippen LogP contribution in [0.25, 0.3) is 11.3 Å². The quantitative estimate of drug-likeness (QED) is 0.821. The van der Waals surface area contributed by atoms with E-state index in [1.807, 2.05) is 31.2 Å². The summed E-state index contributed by atoms with van der Waals surface area (Å²) in [7, 11) is 0. The van der Waals surface area contributed by atoms with Crippen molar-refractivity contribution in [3.63, 3.8) is 0 Å². The average Bonchev–Trinajstić information content (AvgIpc) is 2.60. The van der Waals surface area contributed by atoms with Gasteiger partial charge in [0.2, 0.25) is 0 Å². The fraction of sp³-hybridized carbons (Fsp3) is 0.182. The summed E-state index contributed by atoms with van der Waals surface area (Å²) in [6.45, 7) is 1.87. The first-order valence-corrected chi connectivity index (χ1v) is 5.01. The van der Waals surface area contributed by atoms with Crippen LogP contribution in [0.3, 0.4) is 0 Å². The molecule has 0 amide bonds. The molecule has 2 N–H and O–H groups in total. The fourth-order valence-electron chi connectivity index (χ4n) is 1.49. The second kappa shape index (κ2) is 4.04. The van der Waals surface area contributed by atoms with Crippen molar-refractivity contribution < 1.29 is 5.11 Å². The third kappa shape index (κ3) is 1.76. The van der Waals surface area contributed by atoms with E-state index in [9.17, 15) is 0 Å². The average molecular weight is 223 g/mol. The van der Waals surface area contributed by atoms with Crippen LogP contribution in [0.2, 0.25) is 5.02 Å². The van der Waals surface area contributed by atoms with Crippen molar-refractivity contribution in [2.24, 2.45) is 0 Å². The number of benzene rings is 1. The topological polar surface area (TPSA) is 48.9 Å². The molecule has 0 atom stereocenters. The van der Waals surface area contributed by atoms with Gasteiger partial charge in [0.25, 0.3) is 0 Å². The molecule has 1 aromatic heterocycles. The van der Waals surface area contributed by atoms with Crippen LogP contribution >= 0.6 is 11.6 Å². The molecule has 3 nitrogen and oxygen atoms in total. The van der Waals surface area contributed by atoms with Crippen LogP contribution in [-0.4, -0.2) is 15.3 Å². The van der Waals surface area contributed by atoms with E-state index in [0.717, 1.165) is 11.1 Å². The molecule has 0 saturated heterocycles. The first-order chi connectivity index (χ1) is 7.24. The van der Waals surface area contributed by atoms with Gasteiger partial charge in [-0.25, -0.2) is 0 Å². The molecule has 1 aromatic carbocycles. The minimum Gasteiger partial charge on any atom is -0.390 e. The van der Waals surface area contributed by atoms with Crippen molar-refractivity contribution in [3.8, 4) is 11.3 Å². The van der Waals surface area contributed by atoms with Crippen LogP contribution in [0, 0.1) is 6.92 Å². The Morgan fingerprint density at radius 2 is 2.13 bits per heavy atom. The molecule has 0 bridgehead atoms. The van der Waals surface area contributed by atoms with Gasteiger partial charge < -0.3 is 5.11 Å². The Balaban J connectivity index is 2.55. The number of hydrogen-bond donors (Lipinski definition) is 2. The van der Waals surface area contributed by atoms with Crippen molar-refractivity contribution in [2.75, 3.05) is 0 Å². The third-order valence-electron chi connectivity index (χ3n) is 2.33. The Bertz CT molecular complexity index is 479. The van der Waals surface area contributed by atoms with Crippen molar-refractivity contribution in [2.45, 2.75) is 13.5 Å². The Morgan fingerprint density at radius 3 is 2.73 bits per heavy atom. The molecule has 0 saturated carbocycles. The number of nitrogens with zero attached hydrogens (tertiary/aromatic N) is 1. The van der Waals surface area contributed by atoms with Gasteiger partial charge in [-0.3, -0.25) is 5.10 Å². The van der Waals surface area contributed by atoms with E-state index in [4.69, 9.17) is 16.7 Å². The monoisotopic (exact) mass is 222 g/mol. The molecular weight excluding hydrogens is 212 g/mol. The van der Waals surface area contributed by atoms with Crippen LogP contribution in [0.15, 0.2) is 24.3 Å². The second-order valence-electron chi connectivity index (χ2n) is 3.34. The smallest absolute Gasteiger partial charge is 0.111 e. The first-order valence-electron chi connectivity index (χ1n) is 4.63. The minimum atomic E-state index is -0.127. The van der Waals surface area contributed by atoms with E-state index < -0.39 is 0 Å². The number of hydrogen-bond acceptors (Lipinski definition) is 2. The maximum atomic E-state index is 8.99. The summed E-state index contributed by atoms with van der Waals surface area (Å²) in [5, 5.41) is 16.3. The lowest BCUT2D eigenvalue weighted by molar-refractivity contribution is 0.277. The van der Waals surface area contributed by atoms with E-state index in [2.05, 4.69) is 10.2 Å². The van der Waals surface area contributed by atoms with Crippen LogP contribution < -0.4 is 0 Å². The standard InChI is InChI=1S/C11H11ClN2O/c1-7-4-2-3-5-8(7)11-10(12)9(6-15)13-14-11/h2-5,15H,6H2,1H3,(H,13,14). The molecule has 0 aliphatic heterocycles. The van der Waals surface area contributed by atoms with Crippen LogP contribution in [-0.2, 0) is 6.61 Å². The maximum absolute atomic E-state index is 8.99. The predicted molar refractivity (Wildman–Crippen MR) is 59.7 cm³/mol. The lowest BCUT2D eigenvalue weighted by Crippen LogP contribution is -1.83. The lowest BCUT2D eigenvalue weighted by atomic mass is 10.1. The predicted octanol–water partition coefficient (Wildman–Crippen LogP) is 2.53. The Kier molecular flexibility index (Phi) is 2.75. The highest BCUT2D eigenvalue weighted by atomic mass is 35.5. The molecule has 2 rings (SSSR count). The minimum absolute atomic E-state index is 0.127. The molecule has 0 fully saturated rings. The van der Waals surface area contributed by atoms with Crippen molar-refractivity contribution in [3.05, 3.63) is 40.5 Å². The molecule has 0 aliphatic carbocycles. The summed E-state index contributed by atoms with van der Waals surface area (Å²) in [5.41, 5.74) is 3.34. The Morgan fingerprint density at radius 1 is 1.40 bits per heavy atom. The molecule has 15 heavy (non-hydrogen) atoms. The number of aromatic amines is 1. The number of aromatic nitrogens is 2. The van der Waals surface area contributed by atoms with Crippen LogP contribution in [0.4, 0.5) is 0 Å². The van der Waals surface area contributed by atoms with Gasteiger partial charge in [-0.15, -0.1) is 0 Å². The summed E-state index contributed by atoms with van der Waals surface area (Å²) in [6.07, 6.45) is 0. The lowest BCUT2D eigenvalue weighted by Gasteiger charge is -2.01. The largest absolute Gasteiger partial charge is 0.390 e. The van der Waals surface area contributed by atoms with Gasteiger partial charge in [-0.05, 0) is 12.5 Å². The van der Waals surface area contributed by atoms with Crippen molar-refractivity contribution >= 4 is 11.6 Å². The van der Waals surface area contributed by atoms with Gasteiger partial charge in [-0.2, -0.15) is 5.10 Å². The van der Waals surface area contributed by atoms with E-state index in [0.29, 0.717) is 16.4 Å². The van der Waals surface area contributed by atoms with Crippen molar-refractivity contribution in [1.29, 1.82) is 0 Å². The SMILES string of the molecule is Cc1ccccc1-c1n[nH]c(CO)c1Cl. The molecular formula is C11H11ClN2O. The normalized spacial score (nSPS) is 10.6. The molecule has 0 radical (unpaired) electrons. The zero-order valence-electron chi connectivity index (χ0n) is 8.29. The summed E-state index contributed by atoms with van der Waals surface area (Å²) in [4.78, 5) is 0. The highest BCUT2D eigenvalue weighted by molar-refractivity contribution is 6.33. The summed E-state index contributed by atoms with van der Waals surface area (Å²) < 4.78 is 0. The van der Waals surface area contributed by atoms with Crippen LogP contribution in [0.1, 0.15) is 11.3 Å². The number of rotatable bonds is 2. The van der Waals surface area contributed by atoms with E-state index in [-0.39, 0.29) is 6.61 Å². The zero-order chi connectivity index (χ0) is 10.8. The third-order valence-corrected chi connectivity index (χ3v) is 2.74. The molecule has 0 unspecified atom stereocenters.